The predicted molar refractivity (Wildman–Crippen MR) is 94.6 cm³/mol. The quantitative estimate of drug-likeness (QED) is 0.517. The largest absolute Gasteiger partial charge is 0.325 e. The van der Waals surface area contributed by atoms with Crippen molar-refractivity contribution in [1.82, 2.24) is 9.97 Å². The number of anilines is 1. The fraction of sp³-hybridized carbons (Fsp3) is 0.0714. The van der Waals surface area contributed by atoms with Gasteiger partial charge in [0, 0.05) is 5.69 Å². The Labute approximate surface area is 146 Å². The molecule has 124 valence electrons. The number of nitrogens with one attached hydrogen (secondary N) is 1. The van der Waals surface area contributed by atoms with Crippen LogP contribution in [0.15, 0.2) is 52.0 Å². The van der Waals surface area contributed by atoms with E-state index in [2.05, 4.69) is 15.3 Å². The van der Waals surface area contributed by atoms with Crippen LogP contribution in [0, 0.1) is 0 Å². The molecule has 0 spiro atoms. The van der Waals surface area contributed by atoms with Gasteiger partial charge in [-0.05, 0) is 29.6 Å². The second-order valence-corrected chi connectivity index (χ2v) is 8.17. The van der Waals surface area contributed by atoms with Crippen LogP contribution in [-0.4, -0.2) is 30.0 Å². The van der Waals surface area contributed by atoms with E-state index in [1.165, 1.54) is 47.6 Å². The first-order valence-corrected chi connectivity index (χ1v) is 10.1. The number of rotatable bonds is 5. The number of primary sulfonamides is 1. The minimum absolute atomic E-state index is 0.0518. The average Bonchev–Trinajstić information content (AvgIpc) is 3.01. The molecule has 1 amide bonds. The highest BCUT2D eigenvalue weighted by Gasteiger charge is 2.11. The van der Waals surface area contributed by atoms with E-state index in [4.69, 9.17) is 5.14 Å². The van der Waals surface area contributed by atoms with E-state index in [0.29, 0.717) is 5.69 Å². The van der Waals surface area contributed by atoms with Gasteiger partial charge < -0.3 is 5.32 Å². The van der Waals surface area contributed by atoms with Crippen molar-refractivity contribution in [2.24, 2.45) is 5.14 Å². The lowest BCUT2D eigenvalue weighted by molar-refractivity contribution is -0.113. The van der Waals surface area contributed by atoms with Crippen molar-refractivity contribution < 1.29 is 13.2 Å². The smallest absolute Gasteiger partial charge is 0.238 e. The lowest BCUT2D eigenvalue weighted by atomic mass is 10.3. The lowest BCUT2D eigenvalue weighted by Crippen LogP contribution is -2.16. The Morgan fingerprint density at radius 1 is 1.29 bits per heavy atom. The second kappa shape index (κ2) is 6.85. The Hall–Kier alpha value is -2.01. The molecule has 0 saturated heterocycles. The van der Waals surface area contributed by atoms with Crippen LogP contribution >= 0.6 is 23.1 Å². The normalized spacial score (nSPS) is 11.5. The Bertz CT molecular complexity index is 1000. The summed E-state index contributed by atoms with van der Waals surface area (Å²) in [6.45, 7) is 0. The summed E-state index contributed by atoms with van der Waals surface area (Å²) in [7, 11) is -3.81. The van der Waals surface area contributed by atoms with E-state index in [1.807, 2.05) is 11.4 Å². The Morgan fingerprint density at radius 2 is 2.12 bits per heavy atom. The molecule has 0 aliphatic heterocycles. The third-order valence-corrected chi connectivity index (χ3v) is 5.94. The summed E-state index contributed by atoms with van der Waals surface area (Å²) in [6, 6.07) is 7.69. The van der Waals surface area contributed by atoms with E-state index >= 15 is 0 Å². The van der Waals surface area contributed by atoms with Crippen molar-refractivity contribution in [3.05, 3.63) is 42.0 Å². The minimum Gasteiger partial charge on any atom is -0.325 e. The van der Waals surface area contributed by atoms with Crippen molar-refractivity contribution >= 4 is 54.9 Å². The molecule has 2 heterocycles. The van der Waals surface area contributed by atoms with Crippen molar-refractivity contribution in [3.8, 4) is 0 Å². The first kappa shape index (κ1) is 16.8. The van der Waals surface area contributed by atoms with E-state index in [0.717, 1.165) is 15.2 Å². The summed E-state index contributed by atoms with van der Waals surface area (Å²) >= 11 is 2.81. The van der Waals surface area contributed by atoms with Crippen molar-refractivity contribution in [1.29, 1.82) is 0 Å². The Morgan fingerprint density at radius 3 is 2.92 bits per heavy atom. The number of hydrogen-bond acceptors (Lipinski definition) is 7. The second-order valence-electron chi connectivity index (χ2n) is 4.72. The summed E-state index contributed by atoms with van der Waals surface area (Å²) < 4.78 is 23.6. The average molecular weight is 380 g/mol. The number of sulfonamides is 1. The van der Waals surface area contributed by atoms with E-state index < -0.39 is 10.0 Å². The van der Waals surface area contributed by atoms with Crippen LogP contribution in [-0.2, 0) is 14.8 Å². The number of carbonyl (C=O) groups is 1. The number of fused-ring (bicyclic) bond motifs is 1. The van der Waals surface area contributed by atoms with E-state index in [-0.39, 0.29) is 16.6 Å². The highest BCUT2D eigenvalue weighted by Crippen LogP contribution is 2.28. The van der Waals surface area contributed by atoms with Gasteiger partial charge in [0.2, 0.25) is 15.9 Å². The van der Waals surface area contributed by atoms with Crippen molar-refractivity contribution in [3.63, 3.8) is 0 Å². The maximum absolute atomic E-state index is 12.1. The summed E-state index contributed by atoms with van der Waals surface area (Å²) in [5, 5.41) is 10.4. The summed E-state index contributed by atoms with van der Waals surface area (Å²) in [4.78, 5) is 20.4. The van der Waals surface area contributed by atoms with Crippen LogP contribution in [0.4, 0.5) is 5.69 Å². The number of hydrogen-bond donors (Lipinski definition) is 2. The lowest BCUT2D eigenvalue weighted by Gasteiger charge is -2.06. The number of aromatic nitrogens is 2. The molecular weight excluding hydrogens is 368 g/mol. The number of carbonyl (C=O) groups excluding carboxylic acids is 1. The number of benzene rings is 1. The molecule has 2 aromatic heterocycles. The molecule has 7 nitrogen and oxygen atoms in total. The van der Waals surface area contributed by atoms with Crippen molar-refractivity contribution in [2.75, 3.05) is 11.1 Å². The molecule has 3 N–H and O–H groups in total. The summed E-state index contributed by atoms with van der Waals surface area (Å²) in [5.74, 6) is -0.126. The monoisotopic (exact) mass is 380 g/mol. The molecule has 0 saturated carbocycles. The molecule has 0 aliphatic rings. The molecule has 1 aromatic carbocycles. The fourth-order valence-electron chi connectivity index (χ4n) is 1.95. The molecule has 0 unspecified atom stereocenters. The molecule has 0 atom stereocenters. The molecule has 0 fully saturated rings. The molecule has 0 bridgehead atoms. The van der Waals surface area contributed by atoms with Gasteiger partial charge in [0.05, 0.1) is 20.9 Å². The topological polar surface area (TPSA) is 115 Å². The zero-order valence-electron chi connectivity index (χ0n) is 12.2. The summed E-state index contributed by atoms with van der Waals surface area (Å²) in [6.07, 6.45) is 1.46. The van der Waals surface area contributed by atoms with Gasteiger partial charge >= 0.3 is 0 Å². The third-order valence-electron chi connectivity index (χ3n) is 3.00. The zero-order chi connectivity index (χ0) is 17.2. The van der Waals surface area contributed by atoms with Gasteiger partial charge in [0.1, 0.15) is 11.4 Å². The molecule has 3 rings (SSSR count). The Kier molecular flexibility index (Phi) is 4.81. The van der Waals surface area contributed by atoms with Gasteiger partial charge in [-0.25, -0.2) is 23.5 Å². The van der Waals surface area contributed by atoms with Gasteiger partial charge in [-0.1, -0.05) is 17.8 Å². The molecule has 3 aromatic rings. The maximum Gasteiger partial charge on any atom is 0.238 e. The highest BCUT2D eigenvalue weighted by atomic mass is 32.2. The number of thioether (sulfide) groups is 1. The first-order chi connectivity index (χ1) is 11.4. The third kappa shape index (κ3) is 3.90. The Balaban J connectivity index is 1.67. The van der Waals surface area contributed by atoms with Gasteiger partial charge in [-0.3, -0.25) is 4.79 Å². The zero-order valence-corrected chi connectivity index (χ0v) is 14.6. The van der Waals surface area contributed by atoms with Gasteiger partial charge in [-0.15, -0.1) is 11.3 Å². The van der Waals surface area contributed by atoms with Crippen LogP contribution in [0.25, 0.3) is 10.2 Å². The van der Waals surface area contributed by atoms with Gasteiger partial charge in [-0.2, -0.15) is 0 Å². The maximum atomic E-state index is 12.1. The number of nitrogens with two attached hydrogens (primary N) is 1. The van der Waals surface area contributed by atoms with Gasteiger partial charge in [0.15, 0.2) is 0 Å². The van der Waals surface area contributed by atoms with Crippen LogP contribution in [0.1, 0.15) is 0 Å². The van der Waals surface area contributed by atoms with Crippen LogP contribution in [0.5, 0.6) is 0 Å². The summed E-state index contributed by atoms with van der Waals surface area (Å²) in [5.41, 5.74) is 1.22. The SMILES string of the molecule is NS(=O)(=O)c1cccc(NC(=O)CSc2ncnc3ccsc23)c1. The minimum atomic E-state index is -3.81. The van der Waals surface area contributed by atoms with E-state index in [9.17, 15) is 13.2 Å². The highest BCUT2D eigenvalue weighted by molar-refractivity contribution is 8.00. The molecule has 0 radical (unpaired) electrons. The van der Waals surface area contributed by atoms with Crippen LogP contribution in [0.3, 0.4) is 0 Å². The fourth-order valence-corrected chi connectivity index (χ4v) is 4.26. The molecule has 10 heteroatoms. The molecular formula is C14H12N4O3S3. The number of thiophene rings is 1. The van der Waals surface area contributed by atoms with Gasteiger partial charge in [0.25, 0.3) is 0 Å². The van der Waals surface area contributed by atoms with Crippen molar-refractivity contribution in [2.45, 2.75) is 9.92 Å². The standard InChI is InChI=1S/C14H12N4O3S3/c15-24(20,21)10-3-1-2-9(6-10)18-12(19)7-23-14-13-11(4-5-22-13)16-8-17-14/h1-6,8H,7H2,(H,18,19)(H2,15,20,21). The number of amides is 1. The van der Waals surface area contributed by atoms with Crippen LogP contribution in [0.2, 0.25) is 0 Å². The predicted octanol–water partition coefficient (Wildman–Crippen LogP) is 2.07. The molecule has 0 aliphatic carbocycles. The molecule has 24 heavy (non-hydrogen) atoms. The number of nitrogens with zero attached hydrogens (tertiary/aromatic N) is 2. The van der Waals surface area contributed by atoms with E-state index in [1.54, 1.807) is 6.07 Å². The van der Waals surface area contributed by atoms with Crippen LogP contribution < -0.4 is 10.5 Å². The first-order valence-electron chi connectivity index (χ1n) is 6.67.